The molecule has 0 aromatic heterocycles. The minimum Gasteiger partial charge on any atom is -0.491 e. The van der Waals surface area contributed by atoms with Crippen molar-refractivity contribution in [1.29, 1.82) is 0 Å². The van der Waals surface area contributed by atoms with Gasteiger partial charge in [-0.25, -0.2) is 8.42 Å². The molecule has 1 atom stereocenters. The average molecular weight is 439 g/mol. The lowest BCUT2D eigenvalue weighted by Gasteiger charge is -2.29. The van der Waals surface area contributed by atoms with E-state index in [0.717, 1.165) is 27.4 Å². The highest BCUT2D eigenvalue weighted by atomic mass is 35.5. The highest BCUT2D eigenvalue weighted by Crippen LogP contribution is 2.28. The first kappa shape index (κ1) is 23.0. The number of carbonyl (C=O) groups is 1. The second kappa shape index (κ2) is 9.50. The van der Waals surface area contributed by atoms with Crippen molar-refractivity contribution < 1.29 is 17.9 Å². The Balaban J connectivity index is 2.05. The number of sulfonamides is 1. The van der Waals surface area contributed by atoms with Crippen LogP contribution in [0.1, 0.15) is 23.6 Å². The van der Waals surface area contributed by atoms with E-state index in [2.05, 4.69) is 5.32 Å². The number of benzene rings is 2. The number of hydrogen-bond donors (Lipinski definition) is 1. The van der Waals surface area contributed by atoms with Crippen LogP contribution >= 0.6 is 11.6 Å². The molecule has 8 heteroatoms. The standard InChI is InChI=1S/C21H27ClN2O4S/c1-14-6-9-20(16(3)12-14)28-11-10-23-21(25)17(4)24(29(5,26)27)19-13-18(22)8-7-15(19)2/h6-9,12-13,17H,10-11H2,1-5H3,(H,23,25)/t17-/m1/s1. The van der Waals surface area contributed by atoms with E-state index in [1.165, 1.54) is 0 Å². The topological polar surface area (TPSA) is 75.7 Å². The molecule has 29 heavy (non-hydrogen) atoms. The third kappa shape index (κ3) is 6.11. The van der Waals surface area contributed by atoms with Gasteiger partial charge in [-0.15, -0.1) is 0 Å². The van der Waals surface area contributed by atoms with Crippen LogP contribution in [0, 0.1) is 20.8 Å². The third-order valence-corrected chi connectivity index (χ3v) is 5.95. The smallest absolute Gasteiger partial charge is 0.243 e. The average Bonchev–Trinajstić information content (AvgIpc) is 2.61. The SMILES string of the molecule is Cc1ccc(OCCNC(=O)[C@@H](C)N(c2cc(Cl)ccc2C)S(C)(=O)=O)c(C)c1. The van der Waals surface area contributed by atoms with Crippen molar-refractivity contribution >= 4 is 33.2 Å². The number of carbonyl (C=O) groups excluding carboxylic acids is 1. The number of hydrogen-bond acceptors (Lipinski definition) is 4. The van der Waals surface area contributed by atoms with Crippen LogP contribution in [-0.2, 0) is 14.8 Å². The number of rotatable bonds is 8. The van der Waals surface area contributed by atoms with Gasteiger partial charge in [0.05, 0.1) is 18.5 Å². The molecule has 0 aliphatic heterocycles. The minimum atomic E-state index is -3.70. The van der Waals surface area contributed by atoms with Crippen molar-refractivity contribution in [1.82, 2.24) is 5.32 Å². The molecule has 0 radical (unpaired) electrons. The summed E-state index contributed by atoms with van der Waals surface area (Å²) in [6.07, 6.45) is 1.07. The summed E-state index contributed by atoms with van der Waals surface area (Å²) >= 11 is 6.04. The molecule has 2 aromatic carbocycles. The van der Waals surface area contributed by atoms with E-state index in [4.69, 9.17) is 16.3 Å². The zero-order chi connectivity index (χ0) is 21.8. The fraction of sp³-hybridized carbons (Fsp3) is 0.381. The minimum absolute atomic E-state index is 0.253. The van der Waals surface area contributed by atoms with Crippen LogP contribution in [0.3, 0.4) is 0 Å². The van der Waals surface area contributed by atoms with E-state index in [9.17, 15) is 13.2 Å². The van der Waals surface area contributed by atoms with Crippen LogP contribution < -0.4 is 14.4 Å². The molecule has 0 aliphatic rings. The number of amides is 1. The molecule has 0 aliphatic carbocycles. The summed E-state index contributed by atoms with van der Waals surface area (Å²) < 4.78 is 31.6. The maximum Gasteiger partial charge on any atom is 0.243 e. The molecule has 1 amide bonds. The number of aryl methyl sites for hydroxylation is 3. The maximum absolute atomic E-state index is 12.6. The normalized spacial score (nSPS) is 12.3. The summed E-state index contributed by atoms with van der Waals surface area (Å²) in [5.41, 5.74) is 3.25. The largest absolute Gasteiger partial charge is 0.491 e. The summed E-state index contributed by atoms with van der Waals surface area (Å²) in [6, 6.07) is 9.87. The fourth-order valence-electron chi connectivity index (χ4n) is 3.05. The molecular weight excluding hydrogens is 412 g/mol. The zero-order valence-electron chi connectivity index (χ0n) is 17.3. The molecule has 2 rings (SSSR count). The molecule has 0 unspecified atom stereocenters. The van der Waals surface area contributed by atoms with Crippen molar-refractivity contribution in [2.75, 3.05) is 23.7 Å². The van der Waals surface area contributed by atoms with Crippen molar-refractivity contribution in [3.8, 4) is 5.75 Å². The molecule has 0 bridgehead atoms. The van der Waals surface area contributed by atoms with Crippen LogP contribution in [0.4, 0.5) is 5.69 Å². The van der Waals surface area contributed by atoms with Gasteiger partial charge in [-0.05, 0) is 57.0 Å². The Kier molecular flexibility index (Phi) is 7.54. The molecule has 0 saturated carbocycles. The van der Waals surface area contributed by atoms with Crippen LogP contribution in [0.5, 0.6) is 5.75 Å². The van der Waals surface area contributed by atoms with Gasteiger partial charge in [0.2, 0.25) is 15.9 Å². The third-order valence-electron chi connectivity index (χ3n) is 4.49. The van der Waals surface area contributed by atoms with Gasteiger partial charge in [0.15, 0.2) is 0 Å². The predicted octanol–water partition coefficient (Wildman–Crippen LogP) is 3.61. The first-order valence-electron chi connectivity index (χ1n) is 9.24. The Hall–Kier alpha value is -2.25. The summed E-state index contributed by atoms with van der Waals surface area (Å²) in [6.45, 7) is 7.81. The van der Waals surface area contributed by atoms with Gasteiger partial charge >= 0.3 is 0 Å². The van der Waals surface area contributed by atoms with E-state index in [1.807, 2.05) is 32.0 Å². The number of nitrogens with zero attached hydrogens (tertiary/aromatic N) is 1. The second-order valence-electron chi connectivity index (χ2n) is 7.07. The number of ether oxygens (including phenoxy) is 1. The maximum atomic E-state index is 12.6. The lowest BCUT2D eigenvalue weighted by atomic mass is 10.1. The molecule has 2 aromatic rings. The van der Waals surface area contributed by atoms with Crippen LogP contribution in [-0.4, -0.2) is 39.8 Å². The van der Waals surface area contributed by atoms with Gasteiger partial charge in [-0.2, -0.15) is 0 Å². The highest BCUT2D eigenvalue weighted by molar-refractivity contribution is 7.92. The molecule has 1 N–H and O–H groups in total. The van der Waals surface area contributed by atoms with Crippen molar-refractivity contribution in [3.63, 3.8) is 0 Å². The molecule has 0 spiro atoms. The zero-order valence-corrected chi connectivity index (χ0v) is 18.9. The Morgan fingerprint density at radius 3 is 2.45 bits per heavy atom. The first-order valence-corrected chi connectivity index (χ1v) is 11.5. The van der Waals surface area contributed by atoms with Crippen LogP contribution in [0.25, 0.3) is 0 Å². The van der Waals surface area contributed by atoms with Gasteiger partial charge < -0.3 is 10.1 Å². The van der Waals surface area contributed by atoms with E-state index >= 15 is 0 Å². The number of nitrogens with one attached hydrogen (secondary N) is 1. The number of anilines is 1. The molecule has 0 fully saturated rings. The van der Waals surface area contributed by atoms with Gasteiger partial charge in [-0.3, -0.25) is 9.10 Å². The van der Waals surface area contributed by atoms with E-state index in [1.54, 1.807) is 32.0 Å². The predicted molar refractivity (Wildman–Crippen MR) is 117 cm³/mol. The van der Waals surface area contributed by atoms with Gasteiger partial charge in [0.1, 0.15) is 18.4 Å². The van der Waals surface area contributed by atoms with Crippen LogP contribution in [0.15, 0.2) is 36.4 Å². The summed E-state index contributed by atoms with van der Waals surface area (Å²) in [5.74, 6) is 0.337. The Morgan fingerprint density at radius 1 is 1.14 bits per heavy atom. The first-order chi connectivity index (χ1) is 13.5. The monoisotopic (exact) mass is 438 g/mol. The summed E-state index contributed by atoms with van der Waals surface area (Å²) in [4.78, 5) is 12.6. The molecular formula is C21H27ClN2O4S. The lowest BCUT2D eigenvalue weighted by molar-refractivity contribution is -0.121. The Bertz CT molecular complexity index is 992. The Labute approximate surface area is 177 Å². The summed E-state index contributed by atoms with van der Waals surface area (Å²) in [7, 11) is -3.70. The van der Waals surface area contributed by atoms with Crippen molar-refractivity contribution in [2.45, 2.75) is 33.7 Å². The van der Waals surface area contributed by atoms with Gasteiger partial charge in [-0.1, -0.05) is 35.4 Å². The second-order valence-corrected chi connectivity index (χ2v) is 9.37. The fourth-order valence-corrected chi connectivity index (χ4v) is 4.44. The van der Waals surface area contributed by atoms with Crippen LogP contribution in [0.2, 0.25) is 5.02 Å². The van der Waals surface area contributed by atoms with E-state index in [-0.39, 0.29) is 13.2 Å². The number of halogens is 1. The molecule has 0 heterocycles. The Morgan fingerprint density at radius 2 is 1.83 bits per heavy atom. The molecule has 6 nitrogen and oxygen atoms in total. The molecule has 158 valence electrons. The summed E-state index contributed by atoms with van der Waals surface area (Å²) in [5, 5.41) is 3.13. The van der Waals surface area contributed by atoms with Gasteiger partial charge in [0.25, 0.3) is 0 Å². The van der Waals surface area contributed by atoms with E-state index in [0.29, 0.717) is 16.3 Å². The van der Waals surface area contributed by atoms with Crippen molar-refractivity contribution in [2.24, 2.45) is 0 Å². The molecule has 0 saturated heterocycles. The quantitative estimate of drug-likeness (QED) is 0.639. The van der Waals surface area contributed by atoms with E-state index < -0.39 is 22.0 Å². The van der Waals surface area contributed by atoms with Crippen molar-refractivity contribution in [3.05, 3.63) is 58.1 Å². The van der Waals surface area contributed by atoms with Gasteiger partial charge in [0, 0.05) is 5.02 Å². The lowest BCUT2D eigenvalue weighted by Crippen LogP contribution is -2.48. The highest BCUT2D eigenvalue weighted by Gasteiger charge is 2.30.